The molecule has 0 aliphatic carbocycles. The highest BCUT2D eigenvalue weighted by atomic mass is 19.1. The zero-order chi connectivity index (χ0) is 24.8. The van der Waals surface area contributed by atoms with Gasteiger partial charge in [0.15, 0.2) is 0 Å². The third-order valence-corrected chi connectivity index (χ3v) is 7.34. The molecule has 1 aromatic carbocycles. The lowest BCUT2D eigenvalue weighted by Crippen LogP contribution is -2.44. The maximum absolute atomic E-state index is 15.4. The van der Waals surface area contributed by atoms with Crippen LogP contribution in [0.2, 0.25) is 0 Å². The van der Waals surface area contributed by atoms with E-state index in [0.29, 0.717) is 30.7 Å². The molecule has 8 heteroatoms. The van der Waals surface area contributed by atoms with Gasteiger partial charge in [-0.2, -0.15) is 0 Å². The van der Waals surface area contributed by atoms with Crippen molar-refractivity contribution in [1.29, 1.82) is 0 Å². The molecule has 3 heterocycles. The summed E-state index contributed by atoms with van der Waals surface area (Å²) in [5, 5.41) is 10.6. The van der Waals surface area contributed by atoms with Gasteiger partial charge in [0, 0.05) is 37.1 Å². The molecule has 3 aromatic rings. The van der Waals surface area contributed by atoms with E-state index in [1.54, 1.807) is 19.4 Å². The number of carbonyl (C=O) groups is 1. The number of methoxy groups -OCH3 is 1. The monoisotopic (exact) mass is 482 g/mol. The molecule has 0 bridgehead atoms. The number of aromatic nitrogens is 3. The smallest absolute Gasteiger partial charge is 0.308 e. The number of ether oxygens (including phenoxy) is 1. The van der Waals surface area contributed by atoms with Gasteiger partial charge >= 0.3 is 5.97 Å². The molecule has 7 nitrogen and oxygen atoms in total. The van der Waals surface area contributed by atoms with Crippen LogP contribution in [0.3, 0.4) is 0 Å². The summed E-state index contributed by atoms with van der Waals surface area (Å²) in [7, 11) is 3.59. The molecule has 1 saturated heterocycles. The van der Waals surface area contributed by atoms with Gasteiger partial charge in [0.1, 0.15) is 11.9 Å². The van der Waals surface area contributed by atoms with Crippen molar-refractivity contribution >= 4 is 16.9 Å². The van der Waals surface area contributed by atoms with E-state index in [-0.39, 0.29) is 5.92 Å². The van der Waals surface area contributed by atoms with Gasteiger partial charge in [-0.1, -0.05) is 0 Å². The fourth-order valence-electron chi connectivity index (χ4n) is 5.23. The van der Waals surface area contributed by atoms with Gasteiger partial charge in [-0.05, 0) is 87.4 Å². The Balaban J connectivity index is 1.30. The molecule has 0 unspecified atom stereocenters. The second kappa shape index (κ2) is 11.6. The molecule has 1 aliphatic rings. The number of carboxylic acid groups (broad SMARTS) is 1. The highest BCUT2D eigenvalue weighted by Crippen LogP contribution is 2.35. The summed E-state index contributed by atoms with van der Waals surface area (Å²) in [5.74, 6) is -0.581. The average Bonchev–Trinajstić information content (AvgIpc) is 3.29. The van der Waals surface area contributed by atoms with E-state index in [1.807, 2.05) is 42.3 Å². The zero-order valence-corrected chi connectivity index (χ0v) is 20.6. The molecule has 188 valence electrons. The van der Waals surface area contributed by atoms with Crippen molar-refractivity contribution in [3.05, 3.63) is 54.2 Å². The van der Waals surface area contributed by atoms with Crippen molar-refractivity contribution in [2.45, 2.75) is 44.7 Å². The summed E-state index contributed by atoms with van der Waals surface area (Å²) in [5.41, 5.74) is 2.53. The number of aryl methyl sites for hydroxylation is 2. The minimum Gasteiger partial charge on any atom is -0.497 e. The Hall–Kier alpha value is -3.00. The standard InChI is InChI=1S/C27H35FN4O3/c1-31-18-29-16-20(31)5-3-4-13-32-14-11-19(24(17-32)27(33)34)6-8-25(28)22-10-12-30-26-9-7-21(35-2)15-23(22)26/h7,9-10,12,15-16,18-19,24-25H,3-6,8,11,13-14,17H2,1-2H3,(H,33,34)/t19-,24+,25-/m1/s1. The Labute approximate surface area is 205 Å². The maximum Gasteiger partial charge on any atom is 0.308 e. The molecular formula is C27H35FN4O3. The number of benzene rings is 1. The number of unbranched alkanes of at least 4 members (excludes halogenated alkanes) is 1. The Bertz CT molecular complexity index is 1130. The average molecular weight is 483 g/mol. The summed E-state index contributed by atoms with van der Waals surface area (Å²) in [6.07, 6.45) is 8.85. The zero-order valence-electron chi connectivity index (χ0n) is 20.6. The Morgan fingerprint density at radius 3 is 2.91 bits per heavy atom. The number of hydrogen-bond donors (Lipinski definition) is 1. The number of hydrogen-bond acceptors (Lipinski definition) is 5. The summed E-state index contributed by atoms with van der Waals surface area (Å²) < 4.78 is 22.7. The molecule has 0 saturated carbocycles. The molecule has 0 spiro atoms. The van der Waals surface area contributed by atoms with E-state index in [0.717, 1.165) is 49.7 Å². The highest BCUT2D eigenvalue weighted by Gasteiger charge is 2.34. The Morgan fingerprint density at radius 1 is 1.31 bits per heavy atom. The fourth-order valence-corrected chi connectivity index (χ4v) is 5.23. The molecular weight excluding hydrogens is 447 g/mol. The third kappa shape index (κ3) is 6.17. The first kappa shape index (κ1) is 25.1. The van der Waals surface area contributed by atoms with Crippen LogP contribution in [0.15, 0.2) is 43.0 Å². The van der Waals surface area contributed by atoms with Crippen LogP contribution in [0.5, 0.6) is 5.75 Å². The lowest BCUT2D eigenvalue weighted by Gasteiger charge is -2.37. The largest absolute Gasteiger partial charge is 0.497 e. The van der Waals surface area contributed by atoms with Crippen LogP contribution < -0.4 is 4.74 Å². The van der Waals surface area contributed by atoms with E-state index in [1.165, 1.54) is 5.69 Å². The molecule has 4 rings (SSSR count). The Kier molecular flexibility index (Phi) is 8.33. The summed E-state index contributed by atoms with van der Waals surface area (Å²) in [6, 6.07) is 7.18. The number of halogens is 1. The van der Waals surface area contributed by atoms with E-state index in [2.05, 4.69) is 14.9 Å². The third-order valence-electron chi connectivity index (χ3n) is 7.34. The lowest BCUT2D eigenvalue weighted by molar-refractivity contribution is -0.146. The van der Waals surface area contributed by atoms with E-state index in [9.17, 15) is 9.90 Å². The van der Waals surface area contributed by atoms with Crippen LogP contribution in [0, 0.1) is 11.8 Å². The number of likely N-dealkylation sites (tertiary alicyclic amines) is 1. The first-order chi connectivity index (χ1) is 17.0. The summed E-state index contributed by atoms with van der Waals surface area (Å²) in [6.45, 7) is 2.30. The number of pyridine rings is 1. The molecule has 0 amide bonds. The number of piperidine rings is 1. The molecule has 35 heavy (non-hydrogen) atoms. The SMILES string of the molecule is COc1ccc2nccc([C@H](F)CC[C@@H]3CCN(CCCCc4cncn4C)C[C@@H]3C(=O)O)c2c1. The maximum atomic E-state index is 15.4. The molecule has 0 radical (unpaired) electrons. The van der Waals surface area contributed by atoms with Crippen LogP contribution in [-0.4, -0.2) is 57.3 Å². The predicted molar refractivity (Wildman–Crippen MR) is 133 cm³/mol. The topological polar surface area (TPSA) is 80.5 Å². The minimum absolute atomic E-state index is 0.0147. The van der Waals surface area contributed by atoms with Crippen molar-refractivity contribution in [2.24, 2.45) is 18.9 Å². The summed E-state index contributed by atoms with van der Waals surface area (Å²) >= 11 is 0. The van der Waals surface area contributed by atoms with Gasteiger partial charge in [0.05, 0.1) is 24.9 Å². The predicted octanol–water partition coefficient (Wildman–Crippen LogP) is 4.81. The molecule has 1 fully saturated rings. The quantitative estimate of drug-likeness (QED) is 0.395. The van der Waals surface area contributed by atoms with E-state index in [4.69, 9.17) is 4.74 Å². The van der Waals surface area contributed by atoms with Gasteiger partial charge in [0.2, 0.25) is 0 Å². The normalized spacial score (nSPS) is 19.6. The van der Waals surface area contributed by atoms with Gasteiger partial charge in [-0.15, -0.1) is 0 Å². The lowest BCUT2D eigenvalue weighted by atomic mass is 9.81. The van der Waals surface area contributed by atoms with Crippen molar-refractivity contribution in [1.82, 2.24) is 19.4 Å². The van der Waals surface area contributed by atoms with Crippen molar-refractivity contribution in [2.75, 3.05) is 26.7 Å². The number of rotatable bonds is 11. The molecule has 1 aliphatic heterocycles. The molecule has 3 atom stereocenters. The van der Waals surface area contributed by atoms with Gasteiger partial charge in [0.25, 0.3) is 0 Å². The van der Waals surface area contributed by atoms with Crippen LogP contribution in [-0.2, 0) is 18.3 Å². The fraction of sp³-hybridized carbons (Fsp3) is 0.519. The first-order valence-corrected chi connectivity index (χ1v) is 12.4. The number of fused-ring (bicyclic) bond motifs is 1. The number of nitrogens with zero attached hydrogens (tertiary/aromatic N) is 4. The van der Waals surface area contributed by atoms with Crippen LogP contribution in [0.25, 0.3) is 10.9 Å². The minimum atomic E-state index is -1.17. The number of carboxylic acids is 1. The van der Waals surface area contributed by atoms with Gasteiger partial charge in [-0.25, -0.2) is 9.37 Å². The molecule has 1 N–H and O–H groups in total. The van der Waals surface area contributed by atoms with Crippen molar-refractivity contribution in [3.8, 4) is 5.75 Å². The van der Waals surface area contributed by atoms with Gasteiger partial charge < -0.3 is 19.3 Å². The first-order valence-electron chi connectivity index (χ1n) is 12.4. The van der Waals surface area contributed by atoms with Crippen molar-refractivity contribution in [3.63, 3.8) is 0 Å². The summed E-state index contributed by atoms with van der Waals surface area (Å²) in [4.78, 5) is 22.8. The van der Waals surface area contributed by atoms with Crippen LogP contribution >= 0.6 is 0 Å². The van der Waals surface area contributed by atoms with Crippen LogP contribution in [0.1, 0.15) is 49.5 Å². The second-order valence-electron chi connectivity index (χ2n) is 9.58. The number of alkyl halides is 1. The second-order valence-corrected chi connectivity index (χ2v) is 9.58. The van der Waals surface area contributed by atoms with Gasteiger partial charge in [-0.3, -0.25) is 9.78 Å². The number of imidazole rings is 1. The van der Waals surface area contributed by atoms with E-state index >= 15 is 4.39 Å². The number of aliphatic carboxylic acids is 1. The highest BCUT2D eigenvalue weighted by molar-refractivity contribution is 5.83. The van der Waals surface area contributed by atoms with Crippen LogP contribution in [0.4, 0.5) is 4.39 Å². The van der Waals surface area contributed by atoms with E-state index < -0.39 is 18.1 Å². The van der Waals surface area contributed by atoms with Crippen molar-refractivity contribution < 1.29 is 19.0 Å². The molecule has 2 aromatic heterocycles. The Morgan fingerprint density at radius 2 is 2.17 bits per heavy atom.